The van der Waals surface area contributed by atoms with Crippen LogP contribution in [0.15, 0.2) is 57.5 Å². The number of carbonyl (C=O) groups is 1. The maximum Gasteiger partial charge on any atom is 0.271 e. The Hall–Kier alpha value is -3.85. The van der Waals surface area contributed by atoms with E-state index in [2.05, 4.69) is 13.8 Å². The molecule has 3 aromatic rings. The lowest BCUT2D eigenvalue weighted by Crippen LogP contribution is -2.42. The van der Waals surface area contributed by atoms with Gasteiger partial charge >= 0.3 is 0 Å². The van der Waals surface area contributed by atoms with Crippen LogP contribution < -0.4 is 33.8 Å². The Morgan fingerprint density at radius 2 is 1.61 bits per heavy atom. The van der Waals surface area contributed by atoms with Crippen LogP contribution in [0.25, 0.3) is 6.08 Å². The number of methoxy groups -OCH3 is 4. The molecule has 1 atom stereocenters. The number of ketones is 1. The standard InChI is InChI=1S/C29H30N2O6S/c1-29(2)14-19-24(20(32)15-29)25(17-7-9-18(34-3)10-8-17)31-27(33)23(38-28(31)30-19)13-16-11-21(35-4)26(37-6)22(12-16)36-5/h7-13,25H,14-15H2,1-6H3. The summed E-state index contributed by atoms with van der Waals surface area (Å²) in [5, 5.41) is 0. The van der Waals surface area contributed by atoms with E-state index < -0.39 is 6.04 Å². The molecular weight excluding hydrogens is 504 g/mol. The van der Waals surface area contributed by atoms with Gasteiger partial charge in [-0.25, -0.2) is 4.99 Å². The molecule has 0 spiro atoms. The van der Waals surface area contributed by atoms with Gasteiger partial charge in [0, 0.05) is 12.0 Å². The molecule has 2 aromatic carbocycles. The zero-order chi connectivity index (χ0) is 27.2. The van der Waals surface area contributed by atoms with E-state index in [0.717, 1.165) is 11.3 Å². The van der Waals surface area contributed by atoms with Gasteiger partial charge in [-0.2, -0.15) is 0 Å². The molecule has 1 aliphatic carbocycles. The van der Waals surface area contributed by atoms with E-state index in [9.17, 15) is 9.59 Å². The van der Waals surface area contributed by atoms with Crippen molar-refractivity contribution in [3.63, 3.8) is 0 Å². The number of benzene rings is 2. The second-order valence-corrected chi connectivity index (χ2v) is 11.1. The first-order chi connectivity index (χ1) is 18.2. The number of hydrogen-bond donors (Lipinski definition) is 0. The molecule has 0 radical (unpaired) electrons. The summed E-state index contributed by atoms with van der Waals surface area (Å²) >= 11 is 1.30. The van der Waals surface area contributed by atoms with Crippen molar-refractivity contribution in [1.29, 1.82) is 0 Å². The molecule has 1 unspecified atom stereocenters. The zero-order valence-electron chi connectivity index (χ0n) is 22.3. The zero-order valence-corrected chi connectivity index (χ0v) is 23.1. The molecule has 1 aromatic heterocycles. The van der Waals surface area contributed by atoms with E-state index in [0.29, 0.717) is 56.3 Å². The Labute approximate surface area is 224 Å². The Morgan fingerprint density at radius 1 is 0.947 bits per heavy atom. The van der Waals surface area contributed by atoms with Crippen molar-refractivity contribution in [2.45, 2.75) is 32.7 Å². The van der Waals surface area contributed by atoms with Gasteiger partial charge in [0.1, 0.15) is 5.75 Å². The van der Waals surface area contributed by atoms with E-state index in [1.165, 1.54) is 11.3 Å². The molecule has 0 saturated carbocycles. The molecule has 0 saturated heterocycles. The summed E-state index contributed by atoms with van der Waals surface area (Å²) in [5.74, 6) is 2.19. The first-order valence-corrected chi connectivity index (χ1v) is 13.0. The number of hydrogen-bond acceptors (Lipinski definition) is 8. The van der Waals surface area contributed by atoms with E-state index in [-0.39, 0.29) is 16.8 Å². The number of allylic oxidation sites excluding steroid dienone is 2. The fraction of sp³-hybridized carbons (Fsp3) is 0.345. The van der Waals surface area contributed by atoms with Crippen LogP contribution in [0.2, 0.25) is 0 Å². The molecule has 1 aliphatic heterocycles. The summed E-state index contributed by atoms with van der Waals surface area (Å²) in [6.07, 6.45) is 2.86. The highest BCUT2D eigenvalue weighted by atomic mass is 32.1. The largest absolute Gasteiger partial charge is 0.497 e. The fourth-order valence-corrected chi connectivity index (χ4v) is 6.21. The van der Waals surface area contributed by atoms with Gasteiger partial charge in [0.25, 0.3) is 5.56 Å². The predicted octanol–water partition coefficient (Wildman–Crippen LogP) is 3.64. The van der Waals surface area contributed by atoms with Crippen LogP contribution >= 0.6 is 11.3 Å². The van der Waals surface area contributed by atoms with Gasteiger partial charge in [0.2, 0.25) is 5.75 Å². The minimum Gasteiger partial charge on any atom is -0.497 e. The molecule has 9 heteroatoms. The highest BCUT2D eigenvalue weighted by Gasteiger charge is 2.40. The number of ether oxygens (including phenoxy) is 4. The van der Waals surface area contributed by atoms with Crippen molar-refractivity contribution in [2.24, 2.45) is 10.4 Å². The van der Waals surface area contributed by atoms with Crippen LogP contribution in [-0.2, 0) is 4.79 Å². The van der Waals surface area contributed by atoms with Crippen LogP contribution in [-0.4, -0.2) is 38.8 Å². The number of nitrogens with zero attached hydrogens (tertiary/aromatic N) is 2. The number of Topliss-reactive ketones (excluding diaryl/α,β-unsaturated/α-hetero) is 1. The van der Waals surface area contributed by atoms with Crippen molar-refractivity contribution in [3.05, 3.63) is 78.5 Å². The summed E-state index contributed by atoms with van der Waals surface area (Å²) in [7, 11) is 6.25. The lowest BCUT2D eigenvalue weighted by Gasteiger charge is -2.35. The fourth-order valence-electron chi connectivity index (χ4n) is 5.19. The first-order valence-electron chi connectivity index (χ1n) is 12.2. The van der Waals surface area contributed by atoms with Gasteiger partial charge < -0.3 is 18.9 Å². The predicted molar refractivity (Wildman–Crippen MR) is 145 cm³/mol. The van der Waals surface area contributed by atoms with Crippen molar-refractivity contribution < 1.29 is 23.7 Å². The summed E-state index contributed by atoms with van der Waals surface area (Å²) in [6.45, 7) is 4.15. The van der Waals surface area contributed by atoms with Crippen LogP contribution in [0.4, 0.5) is 0 Å². The monoisotopic (exact) mass is 534 g/mol. The van der Waals surface area contributed by atoms with Gasteiger partial charge in [-0.15, -0.1) is 0 Å². The van der Waals surface area contributed by atoms with Crippen molar-refractivity contribution in [1.82, 2.24) is 4.57 Å². The molecule has 2 heterocycles. The van der Waals surface area contributed by atoms with E-state index in [1.54, 1.807) is 51.2 Å². The molecule has 8 nitrogen and oxygen atoms in total. The summed E-state index contributed by atoms with van der Waals surface area (Å²) in [4.78, 5) is 32.8. The summed E-state index contributed by atoms with van der Waals surface area (Å²) in [5.41, 5.74) is 2.49. The molecule has 0 bridgehead atoms. The second kappa shape index (κ2) is 9.79. The van der Waals surface area contributed by atoms with Gasteiger partial charge in [-0.3, -0.25) is 14.2 Å². The minimum atomic E-state index is -0.558. The Bertz CT molecular complexity index is 1600. The molecule has 0 fully saturated rings. The van der Waals surface area contributed by atoms with E-state index in [1.807, 2.05) is 24.3 Å². The Morgan fingerprint density at radius 3 is 2.18 bits per heavy atom. The summed E-state index contributed by atoms with van der Waals surface area (Å²) < 4.78 is 23.8. The number of carbonyl (C=O) groups excluding carboxylic acids is 1. The number of aromatic nitrogens is 1. The quantitative estimate of drug-likeness (QED) is 0.480. The van der Waals surface area contributed by atoms with Gasteiger partial charge in [-0.1, -0.05) is 37.3 Å². The molecule has 0 N–H and O–H groups in total. The number of fused-ring (bicyclic) bond motifs is 1. The highest BCUT2D eigenvalue weighted by molar-refractivity contribution is 7.07. The average molecular weight is 535 g/mol. The third-order valence-electron chi connectivity index (χ3n) is 6.91. The topological polar surface area (TPSA) is 88.4 Å². The molecule has 2 aliphatic rings. The first kappa shape index (κ1) is 25.8. The molecule has 38 heavy (non-hydrogen) atoms. The molecule has 5 rings (SSSR count). The smallest absolute Gasteiger partial charge is 0.271 e. The molecule has 198 valence electrons. The van der Waals surface area contributed by atoms with Crippen LogP contribution in [0.5, 0.6) is 23.0 Å². The third kappa shape index (κ3) is 4.41. The van der Waals surface area contributed by atoms with E-state index in [4.69, 9.17) is 23.9 Å². The normalized spacial score (nSPS) is 18.4. The van der Waals surface area contributed by atoms with E-state index >= 15 is 0 Å². The minimum absolute atomic E-state index is 0.0275. The lowest BCUT2D eigenvalue weighted by molar-refractivity contribution is -0.118. The number of rotatable bonds is 6. The second-order valence-electron chi connectivity index (χ2n) is 10.1. The van der Waals surface area contributed by atoms with Crippen molar-refractivity contribution in [3.8, 4) is 23.0 Å². The highest BCUT2D eigenvalue weighted by Crippen LogP contribution is 2.43. The third-order valence-corrected chi connectivity index (χ3v) is 7.89. The van der Waals surface area contributed by atoms with Crippen LogP contribution in [0.3, 0.4) is 0 Å². The van der Waals surface area contributed by atoms with Gasteiger partial charge in [-0.05, 0) is 53.3 Å². The maximum atomic E-state index is 13.9. The molecule has 0 amide bonds. The lowest BCUT2D eigenvalue weighted by atomic mass is 9.73. The Balaban J connectivity index is 1.73. The van der Waals surface area contributed by atoms with Gasteiger partial charge in [0.05, 0.1) is 44.7 Å². The SMILES string of the molecule is COc1ccc(C2C3=C(CC(C)(C)CC3=O)N=c3sc(=Cc4cc(OC)c(OC)c(OC)c4)c(=O)n32)cc1. The van der Waals surface area contributed by atoms with Crippen molar-refractivity contribution >= 4 is 23.2 Å². The van der Waals surface area contributed by atoms with Crippen molar-refractivity contribution in [2.75, 3.05) is 28.4 Å². The molecular formula is C29H30N2O6S. The number of thiazole rings is 1. The van der Waals surface area contributed by atoms with Crippen LogP contribution in [0.1, 0.15) is 43.9 Å². The Kier molecular flexibility index (Phi) is 6.65. The summed E-state index contributed by atoms with van der Waals surface area (Å²) in [6, 6.07) is 10.5. The van der Waals surface area contributed by atoms with Gasteiger partial charge in [0.15, 0.2) is 22.1 Å². The average Bonchev–Trinajstić information content (AvgIpc) is 3.20. The van der Waals surface area contributed by atoms with Crippen LogP contribution in [0, 0.1) is 5.41 Å². The maximum absolute atomic E-state index is 13.9.